The fourth-order valence-electron chi connectivity index (χ4n) is 4.16. The number of carbonyl (C=O) groups is 1. The van der Waals surface area contributed by atoms with Crippen molar-refractivity contribution in [1.82, 2.24) is 0 Å². The van der Waals surface area contributed by atoms with Crippen LogP contribution in [-0.4, -0.2) is 42.2 Å². The van der Waals surface area contributed by atoms with Crippen LogP contribution in [0.25, 0.3) is 0 Å². The zero-order valence-electron chi connectivity index (χ0n) is 24.2. The van der Waals surface area contributed by atoms with Crippen LogP contribution in [-0.2, 0) is 4.79 Å². The van der Waals surface area contributed by atoms with Gasteiger partial charge in [0, 0.05) is 0 Å². The van der Waals surface area contributed by atoms with Gasteiger partial charge in [-0.25, -0.2) is 0 Å². The number of quaternary nitrogens is 1. The molecule has 3 nitrogen and oxygen atoms in total. The molecule has 1 N–H and O–H groups in total. The molecule has 0 amide bonds. The molecule has 200 valence electrons. The third-order valence-corrected chi connectivity index (χ3v) is 6.80. The molecule has 0 spiro atoms. The van der Waals surface area contributed by atoms with Crippen molar-refractivity contribution in [3.8, 4) is 0 Å². The van der Waals surface area contributed by atoms with Crippen molar-refractivity contribution in [3.63, 3.8) is 0 Å². The first-order valence-electron chi connectivity index (χ1n) is 14.7. The Hall–Kier alpha value is -0.570. The number of aliphatic carboxylic acids is 1. The van der Waals surface area contributed by atoms with Gasteiger partial charge in [-0.05, 0) is 59.3 Å². The van der Waals surface area contributed by atoms with Gasteiger partial charge in [0.1, 0.15) is 0 Å². The van der Waals surface area contributed by atoms with Gasteiger partial charge in [0.05, 0.1) is 32.1 Å². The van der Waals surface area contributed by atoms with Gasteiger partial charge in [-0.15, -0.1) is 0 Å². The van der Waals surface area contributed by atoms with Gasteiger partial charge in [-0.2, -0.15) is 0 Å². The highest BCUT2D eigenvalue weighted by Gasteiger charge is 2.20. The lowest BCUT2D eigenvalue weighted by Crippen LogP contribution is -2.46. The van der Waals surface area contributed by atoms with Crippen LogP contribution in [0.15, 0.2) is 0 Å². The molecule has 0 unspecified atom stereocenters. The lowest BCUT2D eigenvalue weighted by molar-refractivity contribution is -0.910. The smallest absolute Gasteiger partial charge is 0.308 e. The molecule has 0 saturated heterocycles. The molecule has 3 heteroatoms. The molecule has 0 aromatic carbocycles. The first-order chi connectivity index (χ1) is 15.6. The molecule has 0 rings (SSSR count). The Morgan fingerprint density at radius 1 is 0.545 bits per heavy atom. The summed E-state index contributed by atoms with van der Waals surface area (Å²) >= 11 is 0. The maximum absolute atomic E-state index is 10.0. The average molecular weight is 471 g/mol. The predicted octanol–water partition coefficient (Wildman–Crippen LogP) is 9.63. The number of carboxylic acid groups (broad SMARTS) is 1. The number of rotatable bonds is 21. The summed E-state index contributed by atoms with van der Waals surface area (Å²) < 4.78 is 1.36. The van der Waals surface area contributed by atoms with Gasteiger partial charge in [-0.1, -0.05) is 97.8 Å². The van der Waals surface area contributed by atoms with E-state index in [0.29, 0.717) is 0 Å². The van der Waals surface area contributed by atoms with E-state index in [9.17, 15) is 4.79 Å². The molecule has 0 atom stereocenters. The molecular weight excluding hydrogens is 406 g/mol. The number of nitrogens with zero attached hydrogens (tertiary/aromatic N) is 1. The van der Waals surface area contributed by atoms with E-state index in [1.807, 2.05) is 0 Å². The standard InChI is InChI=1S/C25H54N.C5H10O2/c1-5-8-11-14-17-20-23-26(4,24-21-18-15-12-9-6-2)25-22-19-16-13-10-7-3;1-5(2,3)4(6)7/h5-25H2,1-4H3;1-3H3,(H,6,7)/q+1;. The third kappa shape index (κ3) is 25.9. The molecule has 0 aliphatic carbocycles. The van der Waals surface area contributed by atoms with E-state index >= 15 is 0 Å². The van der Waals surface area contributed by atoms with Gasteiger partial charge < -0.3 is 9.59 Å². The monoisotopic (exact) mass is 470 g/mol. The lowest BCUT2D eigenvalue weighted by Gasteiger charge is -2.35. The molecule has 0 aliphatic heterocycles. The summed E-state index contributed by atoms with van der Waals surface area (Å²) in [6.45, 7) is 16.2. The third-order valence-electron chi connectivity index (χ3n) is 6.80. The van der Waals surface area contributed by atoms with E-state index in [-0.39, 0.29) is 0 Å². The van der Waals surface area contributed by atoms with E-state index in [2.05, 4.69) is 27.8 Å². The van der Waals surface area contributed by atoms with Crippen LogP contribution in [0, 0.1) is 5.41 Å². The predicted molar refractivity (Wildman–Crippen MR) is 148 cm³/mol. The minimum atomic E-state index is -0.757. The Labute approximate surface area is 209 Å². The van der Waals surface area contributed by atoms with Gasteiger partial charge >= 0.3 is 5.97 Å². The topological polar surface area (TPSA) is 37.3 Å². The van der Waals surface area contributed by atoms with Crippen molar-refractivity contribution in [2.45, 2.75) is 157 Å². The molecule has 0 fully saturated rings. The Balaban J connectivity index is 0. The summed E-state index contributed by atoms with van der Waals surface area (Å²) in [7, 11) is 2.56. The van der Waals surface area contributed by atoms with E-state index < -0.39 is 11.4 Å². The summed E-state index contributed by atoms with van der Waals surface area (Å²) in [6, 6.07) is 0. The van der Waals surface area contributed by atoms with Crippen LogP contribution in [0.2, 0.25) is 0 Å². The van der Waals surface area contributed by atoms with E-state index in [0.717, 1.165) is 0 Å². The summed E-state index contributed by atoms with van der Waals surface area (Å²) in [6.07, 6.45) is 25.9. The fraction of sp³-hybridized carbons (Fsp3) is 0.967. The zero-order valence-corrected chi connectivity index (χ0v) is 24.2. The Morgan fingerprint density at radius 3 is 0.970 bits per heavy atom. The van der Waals surface area contributed by atoms with Crippen LogP contribution in [0.5, 0.6) is 0 Å². The Bertz CT molecular complexity index is 373. The zero-order chi connectivity index (χ0) is 25.4. The fourth-order valence-corrected chi connectivity index (χ4v) is 4.16. The van der Waals surface area contributed by atoms with Crippen molar-refractivity contribution in [1.29, 1.82) is 0 Å². The number of hydrogen-bond acceptors (Lipinski definition) is 1. The molecule has 0 aromatic heterocycles. The van der Waals surface area contributed by atoms with Crippen molar-refractivity contribution in [3.05, 3.63) is 0 Å². The highest BCUT2D eigenvalue weighted by atomic mass is 16.4. The van der Waals surface area contributed by atoms with Crippen LogP contribution in [0.4, 0.5) is 0 Å². The quantitative estimate of drug-likeness (QED) is 0.134. The summed E-state index contributed by atoms with van der Waals surface area (Å²) in [4.78, 5) is 10.0. The average Bonchev–Trinajstić information content (AvgIpc) is 2.75. The van der Waals surface area contributed by atoms with Gasteiger partial charge in [0.2, 0.25) is 0 Å². The number of carboxylic acids is 1. The number of hydrogen-bond donors (Lipinski definition) is 1. The SMILES string of the molecule is CC(C)(C)C(=O)O.CCCCCCCC[N+](C)(CCCCCCCC)CCCCCCCC. The van der Waals surface area contributed by atoms with Crippen LogP contribution < -0.4 is 0 Å². The van der Waals surface area contributed by atoms with Crippen molar-refractivity contribution >= 4 is 5.97 Å². The summed E-state index contributed by atoms with van der Waals surface area (Å²) in [5.74, 6) is -0.757. The molecule has 33 heavy (non-hydrogen) atoms. The largest absolute Gasteiger partial charge is 0.481 e. The van der Waals surface area contributed by atoms with Crippen molar-refractivity contribution in [2.24, 2.45) is 5.41 Å². The van der Waals surface area contributed by atoms with E-state index in [1.165, 1.54) is 140 Å². The highest BCUT2D eigenvalue weighted by Crippen LogP contribution is 2.16. The first-order valence-corrected chi connectivity index (χ1v) is 14.7. The van der Waals surface area contributed by atoms with Gasteiger partial charge in [0.15, 0.2) is 0 Å². The normalized spacial score (nSPS) is 11.8. The summed E-state index contributed by atoms with van der Waals surface area (Å²) in [5.41, 5.74) is -0.583. The molecule has 0 aromatic rings. The number of unbranched alkanes of at least 4 members (excludes halogenated alkanes) is 15. The minimum absolute atomic E-state index is 0.583. The molecule has 0 saturated carbocycles. The Morgan fingerprint density at radius 2 is 0.758 bits per heavy atom. The van der Waals surface area contributed by atoms with Crippen LogP contribution >= 0.6 is 0 Å². The second kappa shape index (κ2) is 23.2. The van der Waals surface area contributed by atoms with E-state index in [1.54, 1.807) is 20.8 Å². The molecule has 0 bridgehead atoms. The van der Waals surface area contributed by atoms with Gasteiger partial charge in [0.25, 0.3) is 0 Å². The van der Waals surface area contributed by atoms with E-state index in [4.69, 9.17) is 5.11 Å². The highest BCUT2D eigenvalue weighted by molar-refractivity contribution is 5.72. The van der Waals surface area contributed by atoms with Crippen molar-refractivity contribution in [2.75, 3.05) is 26.7 Å². The molecule has 0 heterocycles. The second-order valence-corrected chi connectivity index (χ2v) is 11.6. The maximum Gasteiger partial charge on any atom is 0.308 e. The van der Waals surface area contributed by atoms with Crippen LogP contribution in [0.3, 0.4) is 0 Å². The molecule has 0 radical (unpaired) electrons. The van der Waals surface area contributed by atoms with Gasteiger partial charge in [-0.3, -0.25) is 4.79 Å². The summed E-state index contributed by atoms with van der Waals surface area (Å²) in [5, 5.41) is 8.25. The molecule has 0 aliphatic rings. The second-order valence-electron chi connectivity index (χ2n) is 11.6. The lowest BCUT2D eigenvalue weighted by atomic mass is 9.98. The van der Waals surface area contributed by atoms with Crippen LogP contribution in [0.1, 0.15) is 157 Å². The first kappa shape index (κ1) is 34.6. The van der Waals surface area contributed by atoms with Crippen molar-refractivity contribution < 1.29 is 14.4 Å². The Kier molecular flexibility index (Phi) is 24.3. The minimum Gasteiger partial charge on any atom is -0.481 e. The maximum atomic E-state index is 10.0. The molecular formula is C30H64NO2+.